The first-order chi connectivity index (χ1) is 14.5. The number of fused-ring (bicyclic) bond motifs is 1. The molecule has 2 aromatic rings. The van der Waals surface area contributed by atoms with Crippen LogP contribution in [0.15, 0.2) is 11.1 Å². The second kappa shape index (κ2) is 10.6. The summed E-state index contributed by atoms with van der Waals surface area (Å²) in [7, 11) is 0. The van der Waals surface area contributed by atoms with Crippen LogP contribution in [0, 0.1) is 13.8 Å². The number of morpholine rings is 1. The minimum absolute atomic E-state index is 0.0216. The lowest BCUT2D eigenvalue weighted by Gasteiger charge is -2.26. The predicted octanol–water partition coefficient (Wildman–Crippen LogP) is 0.420. The van der Waals surface area contributed by atoms with Crippen LogP contribution in [0.3, 0.4) is 0 Å². The number of thiophene rings is 1. The summed E-state index contributed by atoms with van der Waals surface area (Å²) in [5.41, 5.74) is 0.721. The van der Waals surface area contributed by atoms with Gasteiger partial charge in [0.2, 0.25) is 11.8 Å². The fourth-order valence-electron chi connectivity index (χ4n) is 3.34. The predicted molar refractivity (Wildman–Crippen MR) is 116 cm³/mol. The van der Waals surface area contributed by atoms with Crippen LogP contribution in [0.4, 0.5) is 0 Å². The van der Waals surface area contributed by atoms with Crippen LogP contribution < -0.4 is 16.2 Å². The van der Waals surface area contributed by atoms with E-state index in [0.29, 0.717) is 36.1 Å². The quantitative estimate of drug-likeness (QED) is 0.553. The van der Waals surface area contributed by atoms with Crippen molar-refractivity contribution in [3.63, 3.8) is 0 Å². The average Bonchev–Trinajstić information content (AvgIpc) is 3.03. The zero-order valence-corrected chi connectivity index (χ0v) is 18.3. The van der Waals surface area contributed by atoms with E-state index >= 15 is 0 Å². The van der Waals surface area contributed by atoms with E-state index in [2.05, 4.69) is 20.5 Å². The molecule has 0 aliphatic carbocycles. The Kier molecular flexibility index (Phi) is 7.94. The molecule has 0 aromatic carbocycles. The molecule has 0 atom stereocenters. The van der Waals surface area contributed by atoms with E-state index in [9.17, 15) is 14.4 Å². The Morgan fingerprint density at radius 3 is 2.67 bits per heavy atom. The Balaban J connectivity index is 1.35. The van der Waals surface area contributed by atoms with E-state index in [-0.39, 0.29) is 23.9 Å². The van der Waals surface area contributed by atoms with Crippen molar-refractivity contribution in [1.82, 2.24) is 25.1 Å². The van der Waals surface area contributed by atoms with Crippen molar-refractivity contribution in [1.29, 1.82) is 0 Å². The third-order valence-electron chi connectivity index (χ3n) is 5.23. The summed E-state index contributed by atoms with van der Waals surface area (Å²) in [6, 6.07) is 0. The molecule has 9 nitrogen and oxygen atoms in total. The number of carbonyl (C=O) groups excluding carboxylic acids is 2. The van der Waals surface area contributed by atoms with Gasteiger partial charge < -0.3 is 15.4 Å². The van der Waals surface area contributed by atoms with E-state index in [1.165, 1.54) is 22.2 Å². The molecule has 0 saturated carbocycles. The zero-order chi connectivity index (χ0) is 21.5. The zero-order valence-electron chi connectivity index (χ0n) is 17.5. The van der Waals surface area contributed by atoms with Crippen molar-refractivity contribution in [2.45, 2.75) is 33.2 Å². The normalized spacial score (nSPS) is 14.7. The summed E-state index contributed by atoms with van der Waals surface area (Å²) in [5.74, 6) is -0.290. The number of nitrogens with one attached hydrogen (secondary N) is 2. The highest BCUT2D eigenvalue weighted by Gasteiger charge is 2.14. The monoisotopic (exact) mass is 435 g/mol. The van der Waals surface area contributed by atoms with E-state index in [1.54, 1.807) is 0 Å². The molecule has 1 saturated heterocycles. The first-order valence-electron chi connectivity index (χ1n) is 10.2. The van der Waals surface area contributed by atoms with Gasteiger partial charge in [-0.05, 0) is 25.8 Å². The summed E-state index contributed by atoms with van der Waals surface area (Å²) < 4.78 is 6.62. The van der Waals surface area contributed by atoms with Gasteiger partial charge in [-0.1, -0.05) is 0 Å². The number of rotatable bonds is 9. The number of nitrogens with zero attached hydrogens (tertiary/aromatic N) is 3. The molecule has 0 spiro atoms. The maximum Gasteiger partial charge on any atom is 0.262 e. The number of hydrogen-bond donors (Lipinski definition) is 2. The van der Waals surface area contributed by atoms with Crippen LogP contribution in [-0.4, -0.2) is 72.2 Å². The van der Waals surface area contributed by atoms with Crippen LogP contribution in [0.5, 0.6) is 0 Å². The Hall–Kier alpha value is -2.30. The van der Waals surface area contributed by atoms with Gasteiger partial charge in [0.1, 0.15) is 11.4 Å². The number of amides is 2. The molecule has 2 amide bonds. The van der Waals surface area contributed by atoms with Gasteiger partial charge in [-0.25, -0.2) is 4.98 Å². The standard InChI is InChI=1S/C20H29N5O4S/c1-14-15(2)30-19-18(14)20(28)25(13-23-19)12-17(27)21-5-3-4-16(26)22-6-7-24-8-10-29-11-9-24/h13H,3-12H2,1-2H3,(H,21,27)(H,22,26). The van der Waals surface area contributed by atoms with Crippen LogP contribution in [0.25, 0.3) is 10.2 Å². The maximum atomic E-state index is 12.6. The Bertz CT molecular complexity index is 949. The van der Waals surface area contributed by atoms with Crippen molar-refractivity contribution in [3.8, 4) is 0 Å². The molecule has 2 aromatic heterocycles. The van der Waals surface area contributed by atoms with Crippen LogP contribution in [-0.2, 0) is 20.9 Å². The summed E-state index contributed by atoms with van der Waals surface area (Å²) in [6.45, 7) is 8.89. The molecular formula is C20H29N5O4S. The van der Waals surface area contributed by atoms with E-state index in [1.807, 2.05) is 13.8 Å². The van der Waals surface area contributed by atoms with E-state index in [4.69, 9.17) is 4.74 Å². The Labute approximate surface area is 179 Å². The summed E-state index contributed by atoms with van der Waals surface area (Å²) >= 11 is 1.48. The lowest BCUT2D eigenvalue weighted by molar-refractivity contribution is -0.123. The molecule has 0 bridgehead atoms. The van der Waals surface area contributed by atoms with Gasteiger partial charge >= 0.3 is 0 Å². The molecule has 0 unspecified atom stereocenters. The van der Waals surface area contributed by atoms with Gasteiger partial charge in [0.25, 0.3) is 5.56 Å². The molecule has 0 radical (unpaired) electrons. The second-order valence-electron chi connectivity index (χ2n) is 7.40. The summed E-state index contributed by atoms with van der Waals surface area (Å²) in [6.07, 6.45) is 2.32. The second-order valence-corrected chi connectivity index (χ2v) is 8.60. The van der Waals surface area contributed by atoms with Gasteiger partial charge in [0, 0.05) is 44.0 Å². The maximum absolute atomic E-state index is 12.6. The minimum Gasteiger partial charge on any atom is -0.379 e. The topological polar surface area (TPSA) is 106 Å². The van der Waals surface area contributed by atoms with Gasteiger partial charge in [-0.15, -0.1) is 11.3 Å². The first kappa shape index (κ1) is 22.4. The largest absolute Gasteiger partial charge is 0.379 e. The van der Waals surface area contributed by atoms with Crippen molar-refractivity contribution < 1.29 is 14.3 Å². The van der Waals surface area contributed by atoms with Gasteiger partial charge in [-0.2, -0.15) is 0 Å². The average molecular weight is 436 g/mol. The third-order valence-corrected chi connectivity index (χ3v) is 6.34. The van der Waals surface area contributed by atoms with Crippen molar-refractivity contribution in [3.05, 3.63) is 27.1 Å². The van der Waals surface area contributed by atoms with E-state index < -0.39 is 0 Å². The van der Waals surface area contributed by atoms with Gasteiger partial charge in [0.15, 0.2) is 0 Å². The molecule has 1 aliphatic rings. The number of aryl methyl sites for hydroxylation is 2. The lowest BCUT2D eigenvalue weighted by atomic mass is 10.2. The summed E-state index contributed by atoms with van der Waals surface area (Å²) in [5, 5.41) is 6.25. The SMILES string of the molecule is Cc1sc2ncn(CC(=O)NCCCC(=O)NCCN3CCOCC3)c(=O)c2c1C. The van der Waals surface area contributed by atoms with Gasteiger partial charge in [-0.3, -0.25) is 23.9 Å². The first-order valence-corrected chi connectivity index (χ1v) is 11.1. The molecule has 3 heterocycles. The molecule has 164 valence electrons. The number of aromatic nitrogens is 2. The smallest absolute Gasteiger partial charge is 0.262 e. The van der Waals surface area contributed by atoms with Crippen molar-refractivity contribution in [2.75, 3.05) is 45.9 Å². The molecule has 10 heteroatoms. The summed E-state index contributed by atoms with van der Waals surface area (Å²) in [4.78, 5) is 45.0. The minimum atomic E-state index is -0.268. The van der Waals surface area contributed by atoms with Crippen molar-refractivity contribution >= 4 is 33.4 Å². The fraction of sp³-hybridized carbons (Fsp3) is 0.600. The molecule has 30 heavy (non-hydrogen) atoms. The molecule has 1 fully saturated rings. The molecular weight excluding hydrogens is 406 g/mol. The van der Waals surface area contributed by atoms with E-state index in [0.717, 1.165) is 43.3 Å². The number of hydrogen-bond acceptors (Lipinski definition) is 7. The Morgan fingerprint density at radius 2 is 1.90 bits per heavy atom. The fourth-order valence-corrected chi connectivity index (χ4v) is 4.32. The highest BCUT2D eigenvalue weighted by Crippen LogP contribution is 2.25. The van der Waals surface area contributed by atoms with Crippen LogP contribution >= 0.6 is 11.3 Å². The number of carbonyl (C=O) groups is 2. The third kappa shape index (κ3) is 5.87. The van der Waals surface area contributed by atoms with Gasteiger partial charge in [0.05, 0.1) is 24.9 Å². The van der Waals surface area contributed by atoms with Crippen molar-refractivity contribution in [2.24, 2.45) is 0 Å². The molecule has 3 rings (SSSR count). The number of ether oxygens (including phenoxy) is 1. The highest BCUT2D eigenvalue weighted by molar-refractivity contribution is 7.18. The Morgan fingerprint density at radius 1 is 1.17 bits per heavy atom. The highest BCUT2D eigenvalue weighted by atomic mass is 32.1. The molecule has 2 N–H and O–H groups in total. The molecule has 1 aliphatic heterocycles. The van der Waals surface area contributed by atoms with Crippen LogP contribution in [0.2, 0.25) is 0 Å². The van der Waals surface area contributed by atoms with Crippen LogP contribution in [0.1, 0.15) is 23.3 Å². The lowest BCUT2D eigenvalue weighted by Crippen LogP contribution is -2.41.